The number of amides is 3. The molecule has 0 rings (SSSR count). The summed E-state index contributed by atoms with van der Waals surface area (Å²) in [5, 5.41) is 7.69. The molecule has 174 valence electrons. The molecule has 0 saturated heterocycles. The predicted molar refractivity (Wildman–Crippen MR) is 116 cm³/mol. The van der Waals surface area contributed by atoms with E-state index in [0.29, 0.717) is 26.1 Å². The largest absolute Gasteiger partial charge is 0.444 e. The molecule has 0 aliphatic carbocycles. The molecule has 3 amide bonds. The fraction of sp³-hybridized carbons (Fsp3) is 0.800. The first-order chi connectivity index (χ1) is 13.8. The second kappa shape index (κ2) is 13.8. The fourth-order valence-electron chi connectivity index (χ4n) is 2.14. The van der Waals surface area contributed by atoms with Crippen molar-refractivity contribution in [1.29, 1.82) is 0 Å². The maximum Gasteiger partial charge on any atom is 0.414 e. The molecule has 0 aliphatic heterocycles. The monoisotopic (exact) mass is 429 g/mol. The van der Waals surface area contributed by atoms with Crippen LogP contribution in [0, 0.1) is 0 Å². The van der Waals surface area contributed by atoms with Crippen molar-refractivity contribution in [3.8, 4) is 0 Å². The van der Waals surface area contributed by atoms with Gasteiger partial charge in [-0.3, -0.25) is 20.4 Å². The van der Waals surface area contributed by atoms with E-state index in [4.69, 9.17) is 15.2 Å². The Morgan fingerprint density at radius 2 is 1.33 bits per heavy atom. The van der Waals surface area contributed by atoms with Gasteiger partial charge in [0.15, 0.2) is 0 Å². The molecular weight excluding hydrogens is 390 g/mol. The molecule has 0 bridgehead atoms. The second-order valence-electron chi connectivity index (χ2n) is 8.79. The highest BCUT2D eigenvalue weighted by atomic mass is 16.6. The van der Waals surface area contributed by atoms with Crippen LogP contribution in [0.15, 0.2) is 4.99 Å². The summed E-state index contributed by atoms with van der Waals surface area (Å²) in [7, 11) is 0. The SMILES string of the molecule is CC(C)(C)OC(=O)NC(=NCCCCCCNC(=O)CCN)NC(=O)OC(C)(C)C. The Morgan fingerprint density at radius 1 is 0.833 bits per heavy atom. The third kappa shape index (κ3) is 17.7. The number of alkyl carbamates (subject to hydrolysis) is 2. The van der Waals surface area contributed by atoms with E-state index >= 15 is 0 Å². The van der Waals surface area contributed by atoms with Crippen molar-refractivity contribution in [2.45, 2.75) is 84.8 Å². The average molecular weight is 430 g/mol. The second-order valence-corrected chi connectivity index (χ2v) is 8.79. The third-order valence-electron chi connectivity index (χ3n) is 3.29. The zero-order valence-corrected chi connectivity index (χ0v) is 19.2. The Bertz CT molecular complexity index is 547. The van der Waals surface area contributed by atoms with Crippen molar-refractivity contribution in [2.24, 2.45) is 10.7 Å². The number of carbonyl (C=O) groups is 3. The lowest BCUT2D eigenvalue weighted by molar-refractivity contribution is -0.120. The minimum atomic E-state index is -0.717. The van der Waals surface area contributed by atoms with Gasteiger partial charge in [0.1, 0.15) is 11.2 Å². The minimum Gasteiger partial charge on any atom is -0.444 e. The van der Waals surface area contributed by atoms with Crippen LogP contribution < -0.4 is 21.7 Å². The molecule has 0 aliphatic rings. The quantitative estimate of drug-likeness (QED) is 0.252. The van der Waals surface area contributed by atoms with E-state index in [-0.39, 0.29) is 11.9 Å². The number of rotatable bonds is 9. The topological polar surface area (TPSA) is 144 Å². The zero-order valence-electron chi connectivity index (χ0n) is 19.2. The number of carbonyl (C=O) groups excluding carboxylic acids is 3. The number of nitrogens with two attached hydrogens (primary N) is 1. The van der Waals surface area contributed by atoms with E-state index in [1.807, 2.05) is 0 Å². The van der Waals surface area contributed by atoms with E-state index in [2.05, 4.69) is 20.9 Å². The number of hydrogen-bond acceptors (Lipinski definition) is 7. The number of unbranched alkanes of at least 4 members (excludes halogenated alkanes) is 3. The van der Waals surface area contributed by atoms with Crippen LogP contribution in [0.4, 0.5) is 9.59 Å². The molecule has 0 atom stereocenters. The normalized spacial score (nSPS) is 11.3. The molecule has 0 aromatic carbocycles. The first-order valence-electron chi connectivity index (χ1n) is 10.3. The Balaban J connectivity index is 4.49. The van der Waals surface area contributed by atoms with Crippen molar-refractivity contribution in [1.82, 2.24) is 16.0 Å². The number of nitrogens with zero attached hydrogens (tertiary/aromatic N) is 1. The summed E-state index contributed by atoms with van der Waals surface area (Å²) < 4.78 is 10.4. The first-order valence-corrected chi connectivity index (χ1v) is 10.3. The molecular formula is C20H39N5O5. The van der Waals surface area contributed by atoms with E-state index in [0.717, 1.165) is 25.7 Å². The Hall–Kier alpha value is -2.36. The lowest BCUT2D eigenvalue weighted by atomic mass is 10.2. The fourth-order valence-corrected chi connectivity index (χ4v) is 2.14. The van der Waals surface area contributed by atoms with Crippen LogP contribution in [0.25, 0.3) is 0 Å². The standard InChI is InChI=1S/C20H39N5O5/c1-19(2,3)29-17(27)24-16(25-18(28)30-20(4,5)6)23-14-10-8-7-9-13-22-15(26)11-12-21/h7-14,21H2,1-6H3,(H,22,26)(H2,23,24,25,27,28). The number of hydrogen-bond donors (Lipinski definition) is 4. The van der Waals surface area contributed by atoms with Gasteiger partial charge in [-0.15, -0.1) is 0 Å². The summed E-state index contributed by atoms with van der Waals surface area (Å²) in [6, 6.07) is 0. The van der Waals surface area contributed by atoms with Gasteiger partial charge >= 0.3 is 12.2 Å². The minimum absolute atomic E-state index is 0.0208. The van der Waals surface area contributed by atoms with E-state index in [1.165, 1.54) is 0 Å². The highest BCUT2D eigenvalue weighted by Gasteiger charge is 2.21. The van der Waals surface area contributed by atoms with Gasteiger partial charge in [0.2, 0.25) is 11.9 Å². The molecule has 0 aromatic rings. The molecule has 5 N–H and O–H groups in total. The Morgan fingerprint density at radius 3 is 1.80 bits per heavy atom. The molecule has 0 unspecified atom stereocenters. The molecule has 0 heterocycles. The summed E-state index contributed by atoms with van der Waals surface area (Å²) in [6.07, 6.45) is 2.34. The zero-order chi connectivity index (χ0) is 23.2. The van der Waals surface area contributed by atoms with Crippen molar-refractivity contribution in [3.05, 3.63) is 0 Å². The average Bonchev–Trinajstić information content (AvgIpc) is 2.53. The molecule has 0 fully saturated rings. The van der Waals surface area contributed by atoms with Crippen LogP contribution >= 0.6 is 0 Å². The van der Waals surface area contributed by atoms with Gasteiger partial charge in [0, 0.05) is 26.1 Å². The molecule has 10 heteroatoms. The van der Waals surface area contributed by atoms with Gasteiger partial charge in [-0.05, 0) is 54.4 Å². The smallest absolute Gasteiger partial charge is 0.414 e. The summed E-state index contributed by atoms with van der Waals surface area (Å²) in [5.41, 5.74) is 3.96. The number of nitrogens with one attached hydrogen (secondary N) is 3. The molecule has 0 radical (unpaired) electrons. The van der Waals surface area contributed by atoms with E-state index < -0.39 is 23.4 Å². The molecule has 10 nitrogen and oxygen atoms in total. The lowest BCUT2D eigenvalue weighted by Crippen LogP contribution is -2.47. The van der Waals surface area contributed by atoms with E-state index in [1.54, 1.807) is 41.5 Å². The summed E-state index contributed by atoms with van der Waals surface area (Å²) in [4.78, 5) is 39.5. The number of guanidine groups is 1. The van der Waals surface area contributed by atoms with Crippen LogP contribution in [0.3, 0.4) is 0 Å². The first kappa shape index (κ1) is 27.6. The number of aliphatic imine (C=N–C) groups is 1. The third-order valence-corrected chi connectivity index (χ3v) is 3.29. The molecule has 0 aromatic heterocycles. The molecule has 0 spiro atoms. The van der Waals surface area contributed by atoms with Crippen LogP contribution in [0.1, 0.15) is 73.6 Å². The highest BCUT2D eigenvalue weighted by molar-refractivity contribution is 6.01. The van der Waals surface area contributed by atoms with Crippen LogP contribution in [-0.2, 0) is 14.3 Å². The maximum absolute atomic E-state index is 12.0. The van der Waals surface area contributed by atoms with Gasteiger partial charge in [0.25, 0.3) is 0 Å². The van der Waals surface area contributed by atoms with Gasteiger partial charge in [-0.2, -0.15) is 0 Å². The Labute approximate surface area is 179 Å². The van der Waals surface area contributed by atoms with Crippen molar-refractivity contribution < 1.29 is 23.9 Å². The van der Waals surface area contributed by atoms with Gasteiger partial charge in [-0.1, -0.05) is 12.8 Å². The van der Waals surface area contributed by atoms with Crippen LogP contribution in [0.2, 0.25) is 0 Å². The van der Waals surface area contributed by atoms with E-state index in [9.17, 15) is 14.4 Å². The van der Waals surface area contributed by atoms with Gasteiger partial charge in [0.05, 0.1) is 0 Å². The van der Waals surface area contributed by atoms with Crippen LogP contribution in [0.5, 0.6) is 0 Å². The van der Waals surface area contributed by atoms with Crippen LogP contribution in [-0.4, -0.2) is 54.9 Å². The predicted octanol–water partition coefficient (Wildman–Crippen LogP) is 2.42. The maximum atomic E-state index is 12.0. The lowest BCUT2D eigenvalue weighted by Gasteiger charge is -2.22. The molecule has 0 saturated carbocycles. The number of ether oxygens (including phenoxy) is 2. The summed E-state index contributed by atoms with van der Waals surface area (Å²) in [5.74, 6) is -0.0549. The van der Waals surface area contributed by atoms with Gasteiger partial charge in [-0.25, -0.2) is 9.59 Å². The van der Waals surface area contributed by atoms with Crippen molar-refractivity contribution in [3.63, 3.8) is 0 Å². The van der Waals surface area contributed by atoms with Crippen molar-refractivity contribution >= 4 is 24.1 Å². The van der Waals surface area contributed by atoms with Crippen molar-refractivity contribution in [2.75, 3.05) is 19.6 Å². The van der Waals surface area contributed by atoms with Gasteiger partial charge < -0.3 is 20.5 Å². The Kier molecular flexibility index (Phi) is 12.7. The molecule has 30 heavy (non-hydrogen) atoms. The summed E-state index contributed by atoms with van der Waals surface area (Å²) >= 11 is 0. The summed E-state index contributed by atoms with van der Waals surface area (Å²) in [6.45, 7) is 11.8. The highest BCUT2D eigenvalue weighted by Crippen LogP contribution is 2.08.